The molecular weight excluding hydrogens is 254 g/mol. The van der Waals surface area contributed by atoms with E-state index in [2.05, 4.69) is 10.2 Å². The summed E-state index contributed by atoms with van der Waals surface area (Å²) in [6.45, 7) is 1.63. The standard InChI is InChI=1S/C11H13N3O3S/c1-6-3-10(18(2,16)17)7(4-9(6)15)8-5-11(12)14-13-8/h3-5,15H,1-2H3,(H3,12,13,14). The monoisotopic (exact) mass is 267 g/mol. The fourth-order valence-electron chi connectivity index (χ4n) is 1.66. The largest absolute Gasteiger partial charge is 0.508 e. The smallest absolute Gasteiger partial charge is 0.176 e. The predicted molar refractivity (Wildman–Crippen MR) is 67.9 cm³/mol. The van der Waals surface area contributed by atoms with Crippen molar-refractivity contribution in [2.24, 2.45) is 0 Å². The Labute approximate surface area is 104 Å². The zero-order valence-electron chi connectivity index (χ0n) is 9.93. The third-order valence-electron chi connectivity index (χ3n) is 2.59. The van der Waals surface area contributed by atoms with Crippen molar-refractivity contribution in [2.75, 3.05) is 12.0 Å². The quantitative estimate of drug-likeness (QED) is 0.754. The zero-order valence-corrected chi connectivity index (χ0v) is 10.7. The number of H-pyrrole nitrogens is 1. The van der Waals surface area contributed by atoms with E-state index in [1.54, 1.807) is 6.92 Å². The van der Waals surface area contributed by atoms with Crippen LogP contribution in [0.15, 0.2) is 23.1 Å². The number of aryl methyl sites for hydroxylation is 1. The number of hydrogen-bond donors (Lipinski definition) is 3. The molecule has 0 fully saturated rings. The summed E-state index contributed by atoms with van der Waals surface area (Å²) in [6.07, 6.45) is 1.11. The van der Waals surface area contributed by atoms with Gasteiger partial charge in [0.05, 0.1) is 10.6 Å². The Bertz CT molecular complexity index is 704. The minimum Gasteiger partial charge on any atom is -0.508 e. The van der Waals surface area contributed by atoms with Gasteiger partial charge in [-0.25, -0.2) is 8.42 Å². The predicted octanol–water partition coefficient (Wildman–Crippen LogP) is 1.08. The van der Waals surface area contributed by atoms with Crippen LogP contribution < -0.4 is 5.73 Å². The molecule has 18 heavy (non-hydrogen) atoms. The van der Waals surface area contributed by atoms with Crippen LogP contribution in [0.1, 0.15) is 5.56 Å². The number of aromatic nitrogens is 2. The number of benzene rings is 1. The first-order chi connectivity index (χ1) is 8.29. The van der Waals surface area contributed by atoms with Crippen molar-refractivity contribution in [2.45, 2.75) is 11.8 Å². The summed E-state index contributed by atoms with van der Waals surface area (Å²) in [7, 11) is -3.41. The minimum absolute atomic E-state index is 0.0190. The van der Waals surface area contributed by atoms with Gasteiger partial charge in [0, 0.05) is 17.9 Å². The van der Waals surface area contributed by atoms with E-state index in [1.165, 1.54) is 18.2 Å². The van der Waals surface area contributed by atoms with Gasteiger partial charge in [0.2, 0.25) is 0 Å². The second-order valence-electron chi connectivity index (χ2n) is 4.11. The lowest BCUT2D eigenvalue weighted by molar-refractivity contribution is 0.471. The van der Waals surface area contributed by atoms with Crippen molar-refractivity contribution in [3.8, 4) is 17.0 Å². The van der Waals surface area contributed by atoms with Crippen molar-refractivity contribution >= 4 is 15.7 Å². The van der Waals surface area contributed by atoms with Gasteiger partial charge in [-0.15, -0.1) is 0 Å². The molecule has 7 heteroatoms. The first-order valence-corrected chi connectivity index (χ1v) is 7.03. The minimum atomic E-state index is -3.41. The summed E-state index contributed by atoms with van der Waals surface area (Å²) < 4.78 is 23.5. The van der Waals surface area contributed by atoms with Crippen LogP contribution in [0, 0.1) is 6.92 Å². The van der Waals surface area contributed by atoms with Gasteiger partial charge in [-0.05, 0) is 24.6 Å². The molecule has 0 aliphatic carbocycles. The first-order valence-electron chi connectivity index (χ1n) is 5.14. The van der Waals surface area contributed by atoms with E-state index in [4.69, 9.17) is 5.73 Å². The maximum atomic E-state index is 11.8. The third-order valence-corrected chi connectivity index (χ3v) is 3.72. The highest BCUT2D eigenvalue weighted by Gasteiger charge is 2.18. The molecule has 1 aromatic carbocycles. The number of sulfone groups is 1. The molecule has 0 aliphatic heterocycles. The number of aromatic amines is 1. The number of hydrogen-bond acceptors (Lipinski definition) is 5. The highest BCUT2D eigenvalue weighted by Crippen LogP contribution is 2.32. The Morgan fingerprint density at radius 1 is 1.33 bits per heavy atom. The van der Waals surface area contributed by atoms with Crippen LogP contribution in [-0.4, -0.2) is 30.0 Å². The molecule has 1 aromatic heterocycles. The van der Waals surface area contributed by atoms with Crippen LogP contribution in [0.5, 0.6) is 5.75 Å². The SMILES string of the molecule is Cc1cc(S(C)(=O)=O)c(-c2cc(N)n[nH]2)cc1O. The van der Waals surface area contributed by atoms with Gasteiger partial charge in [0.25, 0.3) is 0 Å². The number of rotatable bonds is 2. The van der Waals surface area contributed by atoms with Crippen molar-refractivity contribution < 1.29 is 13.5 Å². The van der Waals surface area contributed by atoms with Crippen LogP contribution in [0.3, 0.4) is 0 Å². The summed E-state index contributed by atoms with van der Waals surface area (Å²) in [5.41, 5.74) is 6.78. The van der Waals surface area contributed by atoms with E-state index in [0.717, 1.165) is 6.26 Å². The van der Waals surface area contributed by atoms with Gasteiger partial charge in [-0.1, -0.05) is 0 Å². The van der Waals surface area contributed by atoms with Crippen LogP contribution in [0.2, 0.25) is 0 Å². The summed E-state index contributed by atoms with van der Waals surface area (Å²) in [4.78, 5) is 0.126. The van der Waals surface area contributed by atoms with Gasteiger partial charge in [-0.3, -0.25) is 5.10 Å². The number of phenolic OH excluding ortho intramolecular Hbond substituents is 1. The van der Waals surface area contributed by atoms with Crippen LogP contribution in [-0.2, 0) is 9.84 Å². The summed E-state index contributed by atoms with van der Waals surface area (Å²) in [5.74, 6) is 0.273. The van der Waals surface area contributed by atoms with Crippen molar-refractivity contribution in [3.05, 3.63) is 23.8 Å². The topological polar surface area (TPSA) is 109 Å². The Morgan fingerprint density at radius 2 is 2.00 bits per heavy atom. The molecule has 0 saturated carbocycles. The Morgan fingerprint density at radius 3 is 2.50 bits per heavy atom. The molecule has 0 amide bonds. The number of phenols is 1. The second kappa shape index (κ2) is 4.02. The average molecular weight is 267 g/mol. The van der Waals surface area contributed by atoms with Crippen molar-refractivity contribution in [1.29, 1.82) is 0 Å². The molecule has 2 rings (SSSR count). The number of nitrogens with one attached hydrogen (secondary N) is 1. The number of aromatic hydroxyl groups is 1. The molecule has 0 spiro atoms. The van der Waals surface area contributed by atoms with Gasteiger partial charge in [0.15, 0.2) is 9.84 Å². The molecule has 96 valence electrons. The Balaban J connectivity index is 2.77. The lowest BCUT2D eigenvalue weighted by Gasteiger charge is -2.09. The average Bonchev–Trinajstić information content (AvgIpc) is 2.67. The number of nitrogens with two attached hydrogens (primary N) is 1. The molecule has 0 atom stereocenters. The number of anilines is 1. The van der Waals surface area contributed by atoms with Crippen LogP contribution in [0.25, 0.3) is 11.3 Å². The lowest BCUT2D eigenvalue weighted by Crippen LogP contribution is -2.01. The van der Waals surface area contributed by atoms with Crippen LogP contribution in [0.4, 0.5) is 5.82 Å². The molecule has 6 nitrogen and oxygen atoms in total. The van der Waals surface area contributed by atoms with Crippen LogP contribution >= 0.6 is 0 Å². The van der Waals surface area contributed by atoms with E-state index in [0.29, 0.717) is 16.8 Å². The molecule has 2 aromatic rings. The van der Waals surface area contributed by atoms with E-state index >= 15 is 0 Å². The van der Waals surface area contributed by atoms with Gasteiger partial charge >= 0.3 is 0 Å². The lowest BCUT2D eigenvalue weighted by atomic mass is 10.1. The molecule has 1 heterocycles. The molecule has 0 radical (unpaired) electrons. The van der Waals surface area contributed by atoms with E-state index in [1.807, 2.05) is 0 Å². The fourth-order valence-corrected chi connectivity index (χ4v) is 2.62. The summed E-state index contributed by atoms with van der Waals surface area (Å²) in [6, 6.07) is 4.33. The van der Waals surface area contributed by atoms with E-state index in [9.17, 15) is 13.5 Å². The molecule has 4 N–H and O–H groups in total. The maximum absolute atomic E-state index is 11.8. The molecule has 0 bridgehead atoms. The zero-order chi connectivity index (χ0) is 13.5. The molecule has 0 unspecified atom stereocenters. The molecule has 0 aliphatic rings. The third kappa shape index (κ3) is 2.17. The van der Waals surface area contributed by atoms with Gasteiger partial charge < -0.3 is 10.8 Å². The van der Waals surface area contributed by atoms with Gasteiger partial charge in [0.1, 0.15) is 11.6 Å². The highest BCUT2D eigenvalue weighted by molar-refractivity contribution is 7.90. The summed E-state index contributed by atoms with van der Waals surface area (Å²) >= 11 is 0. The number of nitrogens with zero attached hydrogens (tertiary/aromatic N) is 1. The Kier molecular flexibility index (Phi) is 2.78. The van der Waals surface area contributed by atoms with E-state index < -0.39 is 9.84 Å². The molecular formula is C11H13N3O3S. The maximum Gasteiger partial charge on any atom is 0.176 e. The molecule has 0 saturated heterocycles. The van der Waals surface area contributed by atoms with Crippen molar-refractivity contribution in [3.63, 3.8) is 0 Å². The fraction of sp³-hybridized carbons (Fsp3) is 0.182. The normalized spacial score (nSPS) is 11.7. The first kappa shape index (κ1) is 12.4. The highest BCUT2D eigenvalue weighted by atomic mass is 32.2. The second-order valence-corrected chi connectivity index (χ2v) is 6.10. The Hall–Kier alpha value is -2.02. The summed E-state index contributed by atoms with van der Waals surface area (Å²) in [5, 5.41) is 16.1. The van der Waals surface area contributed by atoms with Gasteiger partial charge in [-0.2, -0.15) is 5.10 Å². The van der Waals surface area contributed by atoms with E-state index in [-0.39, 0.29) is 16.5 Å². The van der Waals surface area contributed by atoms with Crippen molar-refractivity contribution in [1.82, 2.24) is 10.2 Å². The number of nitrogen functional groups attached to an aromatic ring is 1.